The molecule has 0 fully saturated rings. The maximum absolute atomic E-state index is 11.0. The fourth-order valence-electron chi connectivity index (χ4n) is 1.74. The van der Waals surface area contributed by atoms with Crippen LogP contribution in [0.15, 0.2) is 29.2 Å². The van der Waals surface area contributed by atoms with Gasteiger partial charge in [0.2, 0.25) is 0 Å². The first kappa shape index (κ1) is 16.9. The third-order valence-electron chi connectivity index (χ3n) is 2.88. The van der Waals surface area contributed by atoms with E-state index < -0.39 is 17.9 Å². The van der Waals surface area contributed by atoms with Crippen molar-refractivity contribution in [2.45, 2.75) is 18.2 Å². The molecule has 2 N–H and O–H groups in total. The molecule has 0 aliphatic carbocycles. The van der Waals surface area contributed by atoms with Gasteiger partial charge in [0.25, 0.3) is 0 Å². The Balaban J connectivity index is 2.85. The number of nitrogens with zero attached hydrogens (tertiary/aromatic N) is 2. The second-order valence-corrected chi connectivity index (χ2v) is 5.37. The Kier molecular flexibility index (Phi) is 6.56. The quantitative estimate of drug-likeness (QED) is 0.561. The molecule has 0 saturated carbocycles. The van der Waals surface area contributed by atoms with Crippen LogP contribution in [0.1, 0.15) is 13.3 Å². The van der Waals surface area contributed by atoms with E-state index in [1.807, 2.05) is 5.40 Å². The molecular weight excluding hydrogens is 292 g/mol. The maximum atomic E-state index is 11.0. The topological polar surface area (TPSA) is 102 Å². The number of thioether (sulfide) groups is 1. The first-order chi connectivity index (χ1) is 9.93. The van der Waals surface area contributed by atoms with Crippen LogP contribution in [0, 0.1) is 16.6 Å². The largest absolute Gasteiger partial charge is 0.481 e. The summed E-state index contributed by atoms with van der Waals surface area (Å²) >= 11 is 1.03. The molecule has 0 aromatic heterocycles. The minimum Gasteiger partial charge on any atom is -0.481 e. The van der Waals surface area contributed by atoms with E-state index in [4.69, 9.17) is 15.5 Å². The van der Waals surface area contributed by atoms with E-state index in [9.17, 15) is 9.59 Å². The summed E-state index contributed by atoms with van der Waals surface area (Å²) in [6, 6.07) is 7.02. The molecule has 1 unspecified atom stereocenters. The Morgan fingerprint density at radius 2 is 1.95 bits per heavy atom. The minimum absolute atomic E-state index is 0.0684. The Morgan fingerprint density at radius 1 is 1.33 bits per heavy atom. The Bertz CT molecular complexity index is 539. The van der Waals surface area contributed by atoms with E-state index in [-0.39, 0.29) is 19.5 Å². The lowest BCUT2D eigenvalue weighted by Crippen LogP contribution is -2.33. The SMILES string of the molecule is CC(CN(CCC(=O)O)c1ccc(SC#N)cc1)C(=O)O. The first-order valence-corrected chi connectivity index (χ1v) is 7.11. The third-order valence-corrected chi connectivity index (χ3v) is 3.48. The van der Waals surface area contributed by atoms with Crippen molar-refractivity contribution in [3.63, 3.8) is 0 Å². The molecule has 0 bridgehead atoms. The van der Waals surface area contributed by atoms with Gasteiger partial charge in [-0.15, -0.1) is 0 Å². The van der Waals surface area contributed by atoms with Crippen molar-refractivity contribution in [3.05, 3.63) is 24.3 Å². The van der Waals surface area contributed by atoms with Gasteiger partial charge in [-0.3, -0.25) is 9.59 Å². The van der Waals surface area contributed by atoms with Gasteiger partial charge in [-0.1, -0.05) is 6.92 Å². The predicted octanol–water partition coefficient (Wildman–Crippen LogP) is 2.26. The van der Waals surface area contributed by atoms with Crippen LogP contribution < -0.4 is 4.90 Å². The van der Waals surface area contributed by atoms with Gasteiger partial charge in [0.1, 0.15) is 5.40 Å². The average Bonchev–Trinajstić information content (AvgIpc) is 2.44. The summed E-state index contributed by atoms with van der Waals surface area (Å²) in [4.78, 5) is 24.2. The van der Waals surface area contributed by atoms with Gasteiger partial charge in [-0.2, -0.15) is 5.26 Å². The van der Waals surface area contributed by atoms with Gasteiger partial charge >= 0.3 is 11.9 Å². The van der Waals surface area contributed by atoms with Gasteiger partial charge in [-0.25, -0.2) is 0 Å². The molecule has 0 radical (unpaired) electrons. The number of hydrogen-bond acceptors (Lipinski definition) is 5. The zero-order valence-corrected chi connectivity index (χ0v) is 12.3. The highest BCUT2D eigenvalue weighted by Gasteiger charge is 2.17. The lowest BCUT2D eigenvalue weighted by Gasteiger charge is -2.26. The van der Waals surface area contributed by atoms with E-state index in [1.165, 1.54) is 0 Å². The second-order valence-electron chi connectivity index (χ2n) is 4.52. The van der Waals surface area contributed by atoms with Crippen LogP contribution >= 0.6 is 11.8 Å². The molecule has 0 aliphatic rings. The molecule has 0 amide bonds. The summed E-state index contributed by atoms with van der Waals surface area (Å²) in [6.07, 6.45) is -0.0684. The number of hydrogen-bond donors (Lipinski definition) is 2. The average molecular weight is 308 g/mol. The summed E-state index contributed by atoms with van der Waals surface area (Å²) in [5, 5.41) is 28.3. The highest BCUT2D eigenvalue weighted by molar-refractivity contribution is 8.03. The smallest absolute Gasteiger partial charge is 0.308 e. The van der Waals surface area contributed by atoms with Crippen LogP contribution in [0.25, 0.3) is 0 Å². The molecule has 112 valence electrons. The fraction of sp³-hybridized carbons (Fsp3) is 0.357. The van der Waals surface area contributed by atoms with E-state index >= 15 is 0 Å². The molecule has 0 spiro atoms. The van der Waals surface area contributed by atoms with Gasteiger partial charge < -0.3 is 15.1 Å². The zero-order valence-electron chi connectivity index (χ0n) is 11.5. The summed E-state index contributed by atoms with van der Waals surface area (Å²) < 4.78 is 0. The minimum atomic E-state index is -0.931. The molecule has 0 aliphatic heterocycles. The lowest BCUT2D eigenvalue weighted by atomic mass is 10.1. The number of nitriles is 1. The fourth-order valence-corrected chi connectivity index (χ4v) is 2.12. The molecule has 6 nitrogen and oxygen atoms in total. The van der Waals surface area contributed by atoms with Gasteiger partial charge in [0.15, 0.2) is 0 Å². The van der Waals surface area contributed by atoms with Crippen LogP contribution in [0.5, 0.6) is 0 Å². The van der Waals surface area contributed by atoms with Crippen LogP contribution in [-0.2, 0) is 9.59 Å². The number of thiocyanates is 1. The highest BCUT2D eigenvalue weighted by atomic mass is 32.2. The third kappa shape index (κ3) is 5.75. The van der Waals surface area contributed by atoms with Crippen molar-refractivity contribution in [2.24, 2.45) is 5.92 Å². The Morgan fingerprint density at radius 3 is 2.43 bits per heavy atom. The van der Waals surface area contributed by atoms with Gasteiger partial charge in [0.05, 0.1) is 12.3 Å². The van der Waals surface area contributed by atoms with Crippen molar-refractivity contribution >= 4 is 29.4 Å². The summed E-state index contributed by atoms with van der Waals surface area (Å²) in [6.45, 7) is 2.04. The second kappa shape index (κ2) is 8.17. The summed E-state index contributed by atoms with van der Waals surface area (Å²) in [5.41, 5.74) is 0.742. The van der Waals surface area contributed by atoms with E-state index in [0.717, 1.165) is 22.3 Å². The molecule has 0 saturated heterocycles. The first-order valence-electron chi connectivity index (χ1n) is 6.29. The van der Waals surface area contributed by atoms with Gasteiger partial charge in [-0.05, 0) is 36.0 Å². The normalized spacial score (nSPS) is 11.4. The zero-order chi connectivity index (χ0) is 15.8. The predicted molar refractivity (Wildman–Crippen MR) is 79.2 cm³/mol. The molecular formula is C14H16N2O4S. The molecule has 7 heteroatoms. The molecule has 1 atom stereocenters. The summed E-state index contributed by atoms with van der Waals surface area (Å²) in [5.74, 6) is -2.46. The van der Waals surface area contributed by atoms with Crippen molar-refractivity contribution < 1.29 is 19.8 Å². The molecule has 1 aromatic carbocycles. The molecule has 1 rings (SSSR count). The number of benzene rings is 1. The number of carbonyl (C=O) groups is 2. The molecule has 0 heterocycles. The summed E-state index contributed by atoms with van der Waals surface area (Å²) in [7, 11) is 0. The van der Waals surface area contributed by atoms with E-state index in [1.54, 1.807) is 36.1 Å². The number of aliphatic carboxylic acids is 2. The standard InChI is InChI=1S/C14H16N2O4S/c1-10(14(19)20)8-16(7-6-13(17)18)11-2-4-12(5-3-11)21-9-15/h2-5,10H,6-8H2,1H3,(H,17,18)(H,19,20). The van der Waals surface area contributed by atoms with E-state index in [2.05, 4.69) is 0 Å². The Labute approximate surface area is 127 Å². The van der Waals surface area contributed by atoms with Crippen LogP contribution in [0.4, 0.5) is 5.69 Å². The monoisotopic (exact) mass is 308 g/mol. The number of rotatable bonds is 8. The Hall–Kier alpha value is -2.20. The van der Waals surface area contributed by atoms with Crippen LogP contribution in [0.3, 0.4) is 0 Å². The highest BCUT2D eigenvalue weighted by Crippen LogP contribution is 2.22. The van der Waals surface area contributed by atoms with Crippen LogP contribution in [-0.4, -0.2) is 35.2 Å². The van der Waals surface area contributed by atoms with Crippen molar-refractivity contribution in [3.8, 4) is 5.40 Å². The van der Waals surface area contributed by atoms with Crippen molar-refractivity contribution in [2.75, 3.05) is 18.0 Å². The number of carboxylic acid groups (broad SMARTS) is 2. The van der Waals surface area contributed by atoms with Crippen LogP contribution in [0.2, 0.25) is 0 Å². The van der Waals surface area contributed by atoms with Crippen molar-refractivity contribution in [1.29, 1.82) is 5.26 Å². The van der Waals surface area contributed by atoms with Crippen molar-refractivity contribution in [1.82, 2.24) is 0 Å². The maximum Gasteiger partial charge on any atom is 0.308 e. The van der Waals surface area contributed by atoms with Gasteiger partial charge in [0, 0.05) is 23.7 Å². The number of anilines is 1. The lowest BCUT2D eigenvalue weighted by molar-refractivity contribution is -0.140. The molecule has 21 heavy (non-hydrogen) atoms. The van der Waals surface area contributed by atoms with E-state index in [0.29, 0.717) is 0 Å². The number of carboxylic acids is 2. The molecule has 1 aromatic rings.